The Morgan fingerprint density at radius 1 is 0.382 bits per heavy atom. The molecule has 4 fully saturated rings. The van der Waals surface area contributed by atoms with Crippen molar-refractivity contribution in [1.82, 2.24) is 0 Å². The summed E-state index contributed by atoms with van der Waals surface area (Å²) in [7, 11) is 0. The molecule has 1 aromatic heterocycles. The van der Waals surface area contributed by atoms with Gasteiger partial charge in [0, 0.05) is 38.6 Å². The van der Waals surface area contributed by atoms with Gasteiger partial charge in [-0.25, -0.2) is 0 Å². The number of fused-ring (bicyclic) bond motifs is 7. The average molecular weight is 870 g/mol. The molecule has 4 bridgehead atoms. The van der Waals surface area contributed by atoms with E-state index in [1.165, 1.54) is 74.5 Å². The minimum atomic E-state index is 0.119. The lowest BCUT2D eigenvalue weighted by molar-refractivity contribution is 0.307. The zero-order valence-electron chi connectivity index (χ0n) is 37.6. The molecule has 0 aliphatic heterocycles. The van der Waals surface area contributed by atoms with Crippen LogP contribution in [0.5, 0.6) is 0 Å². The molecule has 1 spiro atoms. The molecule has 0 saturated heterocycles. The largest absolute Gasteiger partial charge is 0.455 e. The van der Waals surface area contributed by atoms with E-state index in [0.717, 1.165) is 73.8 Å². The second-order valence-electron chi connectivity index (χ2n) is 19.9. The van der Waals surface area contributed by atoms with E-state index in [1.54, 1.807) is 11.1 Å². The summed E-state index contributed by atoms with van der Waals surface area (Å²) in [5.41, 5.74) is 20.8. The summed E-state index contributed by atoms with van der Waals surface area (Å²) in [5, 5.41) is 4.74. The van der Waals surface area contributed by atoms with Crippen LogP contribution in [0.1, 0.15) is 30.4 Å². The first-order valence-corrected chi connectivity index (χ1v) is 24.5. The van der Waals surface area contributed by atoms with E-state index in [0.29, 0.717) is 0 Å². The second kappa shape index (κ2) is 14.5. The van der Waals surface area contributed by atoms with Gasteiger partial charge in [0.15, 0.2) is 0 Å². The molecule has 5 aliphatic carbocycles. The molecule has 0 N–H and O–H groups in total. The van der Waals surface area contributed by atoms with Crippen molar-refractivity contribution in [1.29, 1.82) is 0 Å². The maximum absolute atomic E-state index is 6.66. The Morgan fingerprint density at radius 2 is 0.971 bits per heavy atom. The summed E-state index contributed by atoms with van der Waals surface area (Å²) in [5.74, 6) is 3.16. The van der Waals surface area contributed by atoms with Gasteiger partial charge >= 0.3 is 0 Å². The van der Waals surface area contributed by atoms with Gasteiger partial charge in [-0.2, -0.15) is 0 Å². The van der Waals surface area contributed by atoms with E-state index in [4.69, 9.17) is 4.42 Å². The fourth-order valence-electron chi connectivity index (χ4n) is 14.4. The summed E-state index contributed by atoms with van der Waals surface area (Å²) in [6.45, 7) is 0. The highest BCUT2D eigenvalue weighted by Crippen LogP contribution is 2.77. The Bertz CT molecular complexity index is 3820. The molecule has 1 heterocycles. The summed E-state index contributed by atoms with van der Waals surface area (Å²) in [6, 6.07) is 83.5. The minimum absolute atomic E-state index is 0.119. The third-order valence-electron chi connectivity index (χ3n) is 16.9. The highest BCUT2D eigenvalue weighted by atomic mass is 16.3. The lowest BCUT2D eigenvalue weighted by Crippen LogP contribution is -2.34. The van der Waals surface area contributed by atoms with Gasteiger partial charge in [0.25, 0.3) is 0 Å². The molecule has 68 heavy (non-hydrogen) atoms. The predicted octanol–water partition coefficient (Wildman–Crippen LogP) is 17.8. The van der Waals surface area contributed by atoms with Crippen molar-refractivity contribution in [2.24, 2.45) is 23.7 Å². The van der Waals surface area contributed by atoms with Crippen molar-refractivity contribution in [2.75, 3.05) is 4.90 Å². The van der Waals surface area contributed by atoms with Crippen molar-refractivity contribution in [3.8, 4) is 55.6 Å². The quantitative estimate of drug-likeness (QED) is 0.159. The van der Waals surface area contributed by atoms with Crippen LogP contribution >= 0.6 is 0 Å². The van der Waals surface area contributed by atoms with Crippen molar-refractivity contribution in [2.45, 2.75) is 24.7 Å². The maximum atomic E-state index is 6.66. The third-order valence-corrected chi connectivity index (χ3v) is 16.9. The van der Waals surface area contributed by atoms with Crippen molar-refractivity contribution >= 4 is 49.8 Å². The number of hydrogen-bond donors (Lipinski definition) is 0. The SMILES string of the molecule is c1ccc(-c2cccc3cccc(-c4ccccc4N(c4cccc(-c5cccc6c5oc5ccccc56)c4)c4ccccc4-c4ccc5c(c4)C4(c6ccccc6-5)C5CC6CC5CC64)c23)cc1. The van der Waals surface area contributed by atoms with Gasteiger partial charge in [-0.3, -0.25) is 0 Å². The normalized spacial score (nSPS) is 20.5. The summed E-state index contributed by atoms with van der Waals surface area (Å²) in [4.78, 5) is 2.53. The van der Waals surface area contributed by atoms with Gasteiger partial charge in [0.05, 0.1) is 11.4 Å². The standard InChI is InChI=1S/C66H47NO/c1-2-16-41(17-3-1)49-26-13-18-42-19-14-28-55(64(42)49)53-24-6-10-32-62(53)67(47-21-12-20-43(37-47)50-27-15-29-56-54-25-7-11-33-63(54)68-65(50)56)61-31-9-5-22-48(61)44-34-35-52-51-23-4-8-30-57(51)66(60(52)38-44)58-39-45-36-46(58)40-59(45)66/h1-35,37-38,45-46,58-59H,36,39-40H2. The second-order valence-corrected chi connectivity index (χ2v) is 19.9. The molecule has 16 rings (SSSR count). The summed E-state index contributed by atoms with van der Waals surface area (Å²) < 4.78 is 6.66. The fraction of sp³-hybridized carbons (Fsp3) is 0.121. The maximum Gasteiger partial charge on any atom is 0.143 e. The van der Waals surface area contributed by atoms with E-state index in [2.05, 4.69) is 229 Å². The molecule has 0 amide bonds. The Kier molecular flexibility index (Phi) is 8.16. The van der Waals surface area contributed by atoms with Gasteiger partial charge in [-0.1, -0.05) is 188 Å². The van der Waals surface area contributed by atoms with E-state index >= 15 is 0 Å². The highest BCUT2D eigenvalue weighted by Gasteiger charge is 2.70. The number of nitrogens with zero attached hydrogens (tertiary/aromatic N) is 1. The van der Waals surface area contributed by atoms with Crippen LogP contribution in [0, 0.1) is 23.7 Å². The van der Waals surface area contributed by atoms with Crippen LogP contribution in [0.2, 0.25) is 0 Å². The van der Waals surface area contributed by atoms with Crippen molar-refractivity contribution in [3.63, 3.8) is 0 Å². The van der Waals surface area contributed by atoms with Gasteiger partial charge in [-0.15, -0.1) is 0 Å². The van der Waals surface area contributed by atoms with E-state index in [1.807, 2.05) is 0 Å². The Morgan fingerprint density at radius 3 is 1.79 bits per heavy atom. The van der Waals surface area contributed by atoms with Crippen LogP contribution in [0.15, 0.2) is 229 Å². The summed E-state index contributed by atoms with van der Waals surface area (Å²) in [6.07, 6.45) is 4.19. The third kappa shape index (κ3) is 5.29. The topological polar surface area (TPSA) is 16.4 Å². The Labute approximate surface area is 396 Å². The van der Waals surface area contributed by atoms with Gasteiger partial charge in [-0.05, 0) is 140 Å². The average Bonchev–Trinajstić information content (AvgIpc) is 4.27. The number of hydrogen-bond acceptors (Lipinski definition) is 2. The molecule has 322 valence electrons. The van der Waals surface area contributed by atoms with E-state index in [-0.39, 0.29) is 5.41 Å². The molecule has 11 aromatic rings. The number of para-hydroxylation sites is 4. The van der Waals surface area contributed by atoms with Crippen molar-refractivity contribution < 1.29 is 4.42 Å². The molecule has 2 nitrogen and oxygen atoms in total. The molecule has 4 atom stereocenters. The minimum Gasteiger partial charge on any atom is -0.455 e. The fourth-order valence-corrected chi connectivity index (χ4v) is 14.4. The lowest BCUT2D eigenvalue weighted by atomic mass is 9.66. The molecule has 2 heteroatoms. The zero-order valence-corrected chi connectivity index (χ0v) is 37.6. The first-order valence-electron chi connectivity index (χ1n) is 24.5. The first kappa shape index (κ1) is 38.2. The molecular weight excluding hydrogens is 823 g/mol. The molecule has 10 aromatic carbocycles. The highest BCUT2D eigenvalue weighted by molar-refractivity contribution is 6.11. The lowest BCUT2D eigenvalue weighted by Gasteiger charge is -2.37. The van der Waals surface area contributed by atoms with E-state index in [9.17, 15) is 0 Å². The van der Waals surface area contributed by atoms with Crippen LogP contribution in [0.4, 0.5) is 17.1 Å². The van der Waals surface area contributed by atoms with Gasteiger partial charge in [0.1, 0.15) is 11.2 Å². The van der Waals surface area contributed by atoms with Crippen LogP contribution in [-0.4, -0.2) is 0 Å². The van der Waals surface area contributed by atoms with Crippen molar-refractivity contribution in [3.05, 3.63) is 236 Å². The predicted molar refractivity (Wildman–Crippen MR) is 282 cm³/mol. The Balaban J connectivity index is 0.964. The molecular formula is C66H47NO. The molecule has 0 radical (unpaired) electrons. The van der Waals surface area contributed by atoms with Crippen LogP contribution in [-0.2, 0) is 5.41 Å². The van der Waals surface area contributed by atoms with Gasteiger partial charge < -0.3 is 9.32 Å². The number of rotatable bonds is 7. The van der Waals surface area contributed by atoms with Gasteiger partial charge in [0.2, 0.25) is 0 Å². The van der Waals surface area contributed by atoms with Crippen LogP contribution in [0.25, 0.3) is 88.3 Å². The van der Waals surface area contributed by atoms with Crippen LogP contribution in [0.3, 0.4) is 0 Å². The Hall–Kier alpha value is -7.94. The number of anilines is 3. The first-order chi connectivity index (χ1) is 33.7. The van der Waals surface area contributed by atoms with Crippen LogP contribution < -0.4 is 4.90 Å². The number of benzene rings is 10. The summed E-state index contributed by atoms with van der Waals surface area (Å²) >= 11 is 0. The zero-order chi connectivity index (χ0) is 44.5. The molecule has 4 saturated carbocycles. The monoisotopic (exact) mass is 869 g/mol. The van der Waals surface area contributed by atoms with E-state index < -0.39 is 0 Å². The number of furan rings is 1. The molecule has 5 aliphatic rings. The molecule has 4 unspecified atom stereocenters. The smallest absolute Gasteiger partial charge is 0.143 e.